The van der Waals surface area contributed by atoms with Gasteiger partial charge in [0.2, 0.25) is 11.8 Å². The van der Waals surface area contributed by atoms with Crippen LogP contribution in [0.15, 0.2) is 54.9 Å². The lowest BCUT2D eigenvalue weighted by atomic mass is 9.75. The first-order chi connectivity index (χ1) is 35.6. The van der Waals surface area contributed by atoms with Crippen molar-refractivity contribution in [3.05, 3.63) is 87.8 Å². The molecule has 1 unspecified atom stereocenters. The number of carbonyl (C=O) groups excluding carboxylic acids is 1. The van der Waals surface area contributed by atoms with Crippen LogP contribution in [0.1, 0.15) is 139 Å². The Morgan fingerprint density at radius 1 is 0.986 bits per heavy atom. The molecule has 4 aliphatic heterocycles. The van der Waals surface area contributed by atoms with Crippen molar-refractivity contribution in [2.24, 2.45) is 18.4 Å². The minimum atomic E-state index is -2.65. The molecule has 14 nitrogen and oxygen atoms in total. The van der Waals surface area contributed by atoms with Gasteiger partial charge in [0.05, 0.1) is 29.4 Å². The summed E-state index contributed by atoms with van der Waals surface area (Å²) in [5, 5.41) is 28.8. The molecule has 2 saturated heterocycles. The zero-order valence-corrected chi connectivity index (χ0v) is 44.9. The monoisotopic (exact) mass is 1030 g/mol. The van der Waals surface area contributed by atoms with Crippen molar-refractivity contribution in [1.82, 2.24) is 39.6 Å². The molecular weight excluding hydrogens is 958 g/mol. The third-order valence-electron chi connectivity index (χ3n) is 17.5. The first-order valence-electron chi connectivity index (χ1n) is 27.2. The van der Waals surface area contributed by atoms with Gasteiger partial charge in [0, 0.05) is 131 Å². The Morgan fingerprint density at radius 2 is 1.78 bits per heavy atom. The predicted octanol–water partition coefficient (Wildman–Crippen LogP) is 11.1. The van der Waals surface area contributed by atoms with Crippen LogP contribution >= 0.6 is 11.6 Å². The lowest BCUT2D eigenvalue weighted by Gasteiger charge is -2.47. The number of anilines is 4. The van der Waals surface area contributed by atoms with Crippen LogP contribution in [0.2, 0.25) is 5.02 Å². The minimum absolute atomic E-state index is 0.00154. The average Bonchev–Trinajstić information content (AvgIpc) is 4.02. The van der Waals surface area contributed by atoms with Gasteiger partial charge < -0.3 is 24.3 Å². The number of fused-ring (bicyclic) bond motifs is 2. The molecule has 7 heterocycles. The maximum atomic E-state index is 14.8. The molecule has 2 aromatic carbocycles. The SMILES string of the molecule is CCN(CC1(CC)CCN(c2ccc(OC3CCN(CC4CCC(n5nc(N6CCCc7cc(-c8cnn(C)c8)c(C(F)F)cc76)c6c5CCN(C(C)=O)C6)CC4)C(C)(C)C3)nn2)CC1)c1ccc(C#N)c(Cl)c1. The van der Waals surface area contributed by atoms with E-state index in [0.29, 0.717) is 53.1 Å². The van der Waals surface area contributed by atoms with E-state index in [4.69, 9.17) is 21.4 Å². The number of hydrogen-bond acceptors (Lipinski definition) is 11. The van der Waals surface area contributed by atoms with Crippen LogP contribution in [0.5, 0.6) is 5.88 Å². The van der Waals surface area contributed by atoms with Crippen LogP contribution in [0.4, 0.5) is 31.8 Å². The van der Waals surface area contributed by atoms with Crippen molar-refractivity contribution in [3.63, 3.8) is 0 Å². The van der Waals surface area contributed by atoms with E-state index in [9.17, 15) is 18.8 Å². The van der Waals surface area contributed by atoms with Crippen molar-refractivity contribution >= 4 is 40.5 Å². The summed E-state index contributed by atoms with van der Waals surface area (Å²) in [6.07, 6.45) is 12.5. The second-order valence-electron chi connectivity index (χ2n) is 22.4. The number of nitriles is 1. The molecule has 0 spiro atoms. The van der Waals surface area contributed by atoms with Crippen LogP contribution in [0, 0.1) is 22.7 Å². The molecule has 3 fully saturated rings. The van der Waals surface area contributed by atoms with E-state index >= 15 is 0 Å². The van der Waals surface area contributed by atoms with E-state index in [-0.39, 0.29) is 34.6 Å². The number of benzene rings is 2. The molecule has 0 bridgehead atoms. The molecule has 0 N–H and O–H groups in total. The van der Waals surface area contributed by atoms with E-state index in [2.05, 4.69) is 79.4 Å². The van der Waals surface area contributed by atoms with Crippen LogP contribution in [0.3, 0.4) is 0 Å². The molecule has 1 saturated carbocycles. The topological polar surface area (TPSA) is 128 Å². The summed E-state index contributed by atoms with van der Waals surface area (Å²) in [5.41, 5.74) is 6.95. The van der Waals surface area contributed by atoms with Gasteiger partial charge in [-0.25, -0.2) is 8.78 Å². The Kier molecular flexibility index (Phi) is 15.0. The number of nitrogens with zero attached hydrogens (tertiary/aromatic N) is 12. The van der Waals surface area contributed by atoms with Crippen molar-refractivity contribution in [2.75, 3.05) is 67.1 Å². The van der Waals surface area contributed by atoms with Gasteiger partial charge in [-0.05, 0) is 144 Å². The molecule has 10 rings (SSSR count). The number of piperidine rings is 2. The molecule has 74 heavy (non-hydrogen) atoms. The van der Waals surface area contributed by atoms with Crippen molar-refractivity contribution in [2.45, 2.75) is 142 Å². The fraction of sp³-hybridized carbons (Fsp3) is 0.579. The lowest BCUT2D eigenvalue weighted by Crippen LogP contribution is -2.54. The number of aryl methyl sites for hydroxylation is 2. The highest BCUT2D eigenvalue weighted by Crippen LogP contribution is 2.45. The maximum Gasteiger partial charge on any atom is 0.264 e. The Hall–Kier alpha value is -5.79. The number of amides is 1. The highest BCUT2D eigenvalue weighted by Gasteiger charge is 2.40. The van der Waals surface area contributed by atoms with Gasteiger partial charge in [-0.3, -0.25) is 19.1 Å². The van der Waals surface area contributed by atoms with Crippen LogP contribution in [-0.4, -0.2) is 109 Å². The second-order valence-corrected chi connectivity index (χ2v) is 22.8. The number of ether oxygens (including phenoxy) is 1. The molecule has 5 aliphatic rings. The Bertz CT molecular complexity index is 2840. The first kappa shape index (κ1) is 51.7. The molecule has 0 radical (unpaired) electrons. The Balaban J connectivity index is 0.744. The van der Waals surface area contributed by atoms with Crippen molar-refractivity contribution < 1.29 is 18.3 Å². The van der Waals surface area contributed by atoms with Crippen LogP contribution < -0.4 is 19.4 Å². The largest absolute Gasteiger partial charge is 0.473 e. The molecule has 1 aliphatic carbocycles. The Morgan fingerprint density at radius 3 is 2.43 bits per heavy atom. The number of rotatable bonds is 14. The number of aromatic nitrogens is 6. The summed E-state index contributed by atoms with van der Waals surface area (Å²) in [5.74, 6) is 2.88. The predicted molar refractivity (Wildman–Crippen MR) is 287 cm³/mol. The van der Waals surface area contributed by atoms with E-state index in [0.717, 1.165) is 150 Å². The number of likely N-dealkylation sites (tertiary alicyclic amines) is 1. The molecule has 17 heteroatoms. The normalized spacial score (nSPS) is 21.8. The van der Waals surface area contributed by atoms with E-state index in [1.54, 1.807) is 37.1 Å². The highest BCUT2D eigenvalue weighted by molar-refractivity contribution is 6.32. The quantitative estimate of drug-likeness (QED) is 0.105. The Labute approximate surface area is 440 Å². The summed E-state index contributed by atoms with van der Waals surface area (Å²) >= 11 is 6.43. The molecule has 1 amide bonds. The third-order valence-corrected chi connectivity index (χ3v) is 17.8. The minimum Gasteiger partial charge on any atom is -0.473 e. The summed E-state index contributed by atoms with van der Waals surface area (Å²) in [6, 6.07) is 15.8. The fourth-order valence-electron chi connectivity index (χ4n) is 12.9. The maximum absolute atomic E-state index is 14.8. The molecular formula is C57H73ClF2N12O2. The number of carbonyl (C=O) groups is 1. The van der Waals surface area contributed by atoms with Crippen molar-refractivity contribution in [1.29, 1.82) is 5.26 Å². The molecule has 5 aromatic rings. The summed E-state index contributed by atoms with van der Waals surface area (Å²) in [6.45, 7) is 18.2. The number of alkyl halides is 2. The summed E-state index contributed by atoms with van der Waals surface area (Å²) in [7, 11) is 1.80. The zero-order chi connectivity index (χ0) is 51.9. The zero-order valence-electron chi connectivity index (χ0n) is 44.2. The standard InChI is InChI=1S/C57H73ClF2N12O2/c1-7-57(37-67(8-2)44-16-13-41(32-61)49(58)29-44)21-26-68(27-22-57)52-17-18-53(64-63-52)74-45-19-25-70(56(4,5)31-45)34-39-11-14-43(15-12-39)72-50-20-24-69(38(3)73)36-48(50)55(65-72)71-23-9-10-40-28-46(42-33-62-66(6)35-42)47(54(59)60)30-51(40)71/h13,16-18,28-30,33,35,39,43,45,54H,7-12,14-15,19-27,31,34,36-37H2,1-6H3. The fourth-order valence-corrected chi connectivity index (χ4v) is 13.1. The lowest BCUT2D eigenvalue weighted by molar-refractivity contribution is -0.129. The van der Waals surface area contributed by atoms with Crippen molar-refractivity contribution in [3.8, 4) is 23.1 Å². The van der Waals surface area contributed by atoms with Gasteiger partial charge in [0.25, 0.3) is 6.43 Å². The second kappa shape index (κ2) is 21.4. The van der Waals surface area contributed by atoms with E-state index in [1.165, 1.54) is 5.69 Å². The summed E-state index contributed by atoms with van der Waals surface area (Å²) < 4.78 is 40.1. The summed E-state index contributed by atoms with van der Waals surface area (Å²) in [4.78, 5) is 24.2. The smallest absolute Gasteiger partial charge is 0.264 e. The van der Waals surface area contributed by atoms with Crippen LogP contribution in [-0.2, 0) is 31.2 Å². The third kappa shape index (κ3) is 10.6. The first-order valence-corrected chi connectivity index (χ1v) is 27.5. The van der Waals surface area contributed by atoms with Crippen LogP contribution in [0.25, 0.3) is 11.1 Å². The molecule has 3 aromatic heterocycles. The van der Waals surface area contributed by atoms with Gasteiger partial charge in [-0.1, -0.05) is 18.5 Å². The van der Waals surface area contributed by atoms with Gasteiger partial charge in [-0.15, -0.1) is 10.2 Å². The molecule has 1 atom stereocenters. The van der Waals surface area contributed by atoms with Gasteiger partial charge in [0.15, 0.2) is 11.6 Å². The van der Waals surface area contributed by atoms with Gasteiger partial charge in [-0.2, -0.15) is 15.5 Å². The molecule has 394 valence electrons. The number of halogens is 3. The van der Waals surface area contributed by atoms with Gasteiger partial charge >= 0.3 is 0 Å². The highest BCUT2D eigenvalue weighted by atomic mass is 35.5. The van der Waals surface area contributed by atoms with Gasteiger partial charge in [0.1, 0.15) is 12.2 Å². The average molecular weight is 1030 g/mol. The van der Waals surface area contributed by atoms with E-state index in [1.807, 2.05) is 35.2 Å². The van der Waals surface area contributed by atoms with E-state index < -0.39 is 6.43 Å². The number of hydrogen-bond donors (Lipinski definition) is 0.